The Bertz CT molecular complexity index is 1050. The molecular formula is C25H32N4O3S. The molecule has 33 heavy (non-hydrogen) atoms. The lowest BCUT2D eigenvalue weighted by Gasteiger charge is -2.44. The van der Waals surface area contributed by atoms with Crippen LogP contribution in [0.4, 0.5) is 5.00 Å². The number of aromatic nitrogens is 1. The molecule has 5 heterocycles. The van der Waals surface area contributed by atoms with Crippen molar-refractivity contribution in [3.8, 4) is 10.4 Å². The zero-order chi connectivity index (χ0) is 23.2. The number of carbonyl (C=O) groups is 2. The predicted molar refractivity (Wildman–Crippen MR) is 129 cm³/mol. The SMILES string of the molecule is CC1(C)CC2(CCCN(C3CCN(C(=O)c4cc(-c5ccncc5)sc4N)CC3)C2)C(=O)O1. The number of nitrogens with zero attached hydrogens (tertiary/aromatic N) is 3. The number of nitrogens with two attached hydrogens (primary N) is 1. The molecule has 7 nitrogen and oxygen atoms in total. The molecular weight excluding hydrogens is 436 g/mol. The molecule has 3 saturated heterocycles. The quantitative estimate of drug-likeness (QED) is 0.689. The van der Waals surface area contributed by atoms with Gasteiger partial charge in [0.15, 0.2) is 0 Å². The largest absolute Gasteiger partial charge is 0.459 e. The fourth-order valence-corrected chi connectivity index (χ4v) is 6.83. The molecule has 0 saturated carbocycles. The minimum absolute atomic E-state index is 0.0127. The van der Waals surface area contributed by atoms with Crippen LogP contribution in [0.3, 0.4) is 0 Å². The van der Waals surface area contributed by atoms with Gasteiger partial charge in [-0.25, -0.2) is 0 Å². The Labute approximate surface area is 198 Å². The fourth-order valence-electron chi connectivity index (χ4n) is 5.91. The van der Waals surface area contributed by atoms with Gasteiger partial charge in [0.05, 0.1) is 16.0 Å². The van der Waals surface area contributed by atoms with Crippen LogP contribution >= 0.6 is 11.3 Å². The van der Waals surface area contributed by atoms with Crippen LogP contribution < -0.4 is 5.73 Å². The van der Waals surface area contributed by atoms with Gasteiger partial charge in [-0.1, -0.05) is 0 Å². The highest BCUT2D eigenvalue weighted by molar-refractivity contribution is 7.19. The van der Waals surface area contributed by atoms with Crippen LogP contribution in [0.25, 0.3) is 10.4 Å². The molecule has 8 heteroatoms. The second kappa shape index (κ2) is 8.40. The minimum atomic E-state index is -0.370. The number of thiophene rings is 1. The third-order valence-corrected chi connectivity index (χ3v) is 8.41. The van der Waals surface area contributed by atoms with E-state index in [1.807, 2.05) is 36.9 Å². The highest BCUT2D eigenvalue weighted by Gasteiger charge is 2.54. The van der Waals surface area contributed by atoms with Gasteiger partial charge in [0.25, 0.3) is 5.91 Å². The summed E-state index contributed by atoms with van der Waals surface area (Å²) in [5.74, 6) is -0.0125. The third kappa shape index (κ3) is 4.26. The van der Waals surface area contributed by atoms with Crippen LogP contribution in [-0.2, 0) is 9.53 Å². The molecule has 5 rings (SSSR count). The Morgan fingerprint density at radius 2 is 1.94 bits per heavy atom. The summed E-state index contributed by atoms with van der Waals surface area (Å²) in [4.78, 5) is 35.4. The van der Waals surface area contributed by atoms with E-state index in [9.17, 15) is 9.59 Å². The number of hydrogen-bond donors (Lipinski definition) is 1. The van der Waals surface area contributed by atoms with Crippen LogP contribution in [0.5, 0.6) is 0 Å². The average Bonchev–Trinajstić information content (AvgIpc) is 3.30. The lowest BCUT2D eigenvalue weighted by molar-refractivity contribution is -0.154. The first-order valence-electron chi connectivity index (χ1n) is 11.8. The first-order valence-corrected chi connectivity index (χ1v) is 12.6. The molecule has 0 aliphatic carbocycles. The van der Waals surface area contributed by atoms with Crippen molar-refractivity contribution in [1.82, 2.24) is 14.8 Å². The Hall–Kier alpha value is -2.45. The zero-order valence-corrected chi connectivity index (χ0v) is 20.2. The molecule has 0 bridgehead atoms. The number of likely N-dealkylation sites (tertiary alicyclic amines) is 2. The molecule has 2 aromatic heterocycles. The highest BCUT2D eigenvalue weighted by Crippen LogP contribution is 2.46. The summed E-state index contributed by atoms with van der Waals surface area (Å²) in [5.41, 5.74) is 7.12. The van der Waals surface area contributed by atoms with E-state index in [-0.39, 0.29) is 22.9 Å². The second-order valence-electron chi connectivity index (χ2n) is 10.3. The van der Waals surface area contributed by atoms with Gasteiger partial charge >= 0.3 is 5.97 Å². The van der Waals surface area contributed by atoms with Crippen molar-refractivity contribution in [1.29, 1.82) is 0 Å². The topological polar surface area (TPSA) is 88.8 Å². The molecule has 176 valence electrons. The molecule has 3 fully saturated rings. The Balaban J connectivity index is 1.22. The monoisotopic (exact) mass is 468 g/mol. The molecule has 3 aliphatic heterocycles. The predicted octanol–water partition coefficient (Wildman–Crippen LogP) is 3.80. The summed E-state index contributed by atoms with van der Waals surface area (Å²) in [6.45, 7) is 7.24. The van der Waals surface area contributed by atoms with E-state index >= 15 is 0 Å². The van der Waals surface area contributed by atoms with E-state index < -0.39 is 0 Å². The first-order chi connectivity index (χ1) is 15.8. The lowest BCUT2D eigenvalue weighted by atomic mass is 9.74. The molecule has 1 atom stereocenters. The molecule has 1 spiro atoms. The van der Waals surface area contributed by atoms with Crippen molar-refractivity contribution in [3.63, 3.8) is 0 Å². The number of hydrogen-bond acceptors (Lipinski definition) is 7. The number of ether oxygens (including phenoxy) is 1. The van der Waals surface area contributed by atoms with Crippen molar-refractivity contribution in [2.24, 2.45) is 5.41 Å². The van der Waals surface area contributed by atoms with Gasteiger partial charge in [-0.2, -0.15) is 0 Å². The van der Waals surface area contributed by atoms with Crippen LogP contribution in [0.15, 0.2) is 30.6 Å². The van der Waals surface area contributed by atoms with E-state index in [2.05, 4.69) is 9.88 Å². The minimum Gasteiger partial charge on any atom is -0.459 e. The smallest absolute Gasteiger partial charge is 0.314 e. The maximum atomic E-state index is 13.2. The summed E-state index contributed by atoms with van der Waals surface area (Å²) >= 11 is 1.44. The average molecular weight is 469 g/mol. The number of pyridine rings is 1. The highest BCUT2D eigenvalue weighted by atomic mass is 32.1. The Kier molecular flexibility index (Phi) is 5.69. The summed E-state index contributed by atoms with van der Waals surface area (Å²) in [7, 11) is 0. The summed E-state index contributed by atoms with van der Waals surface area (Å²) in [6, 6.07) is 6.16. The van der Waals surface area contributed by atoms with Crippen LogP contribution in [0, 0.1) is 5.41 Å². The normalized spacial score (nSPS) is 26.0. The zero-order valence-electron chi connectivity index (χ0n) is 19.4. The molecule has 2 N–H and O–H groups in total. The lowest BCUT2D eigenvalue weighted by Crippen LogP contribution is -2.53. The third-order valence-electron chi connectivity index (χ3n) is 7.40. The number of amides is 1. The van der Waals surface area contributed by atoms with Gasteiger partial charge in [-0.05, 0) is 69.8 Å². The van der Waals surface area contributed by atoms with Crippen molar-refractivity contribution < 1.29 is 14.3 Å². The fraction of sp³-hybridized carbons (Fsp3) is 0.560. The van der Waals surface area contributed by atoms with Crippen LogP contribution in [-0.4, -0.2) is 64.5 Å². The number of anilines is 1. The van der Waals surface area contributed by atoms with Crippen molar-refractivity contribution in [3.05, 3.63) is 36.2 Å². The van der Waals surface area contributed by atoms with Gasteiger partial charge < -0.3 is 15.4 Å². The van der Waals surface area contributed by atoms with Gasteiger partial charge in [-0.3, -0.25) is 19.5 Å². The Morgan fingerprint density at radius 3 is 2.61 bits per heavy atom. The number of piperidine rings is 2. The summed E-state index contributed by atoms with van der Waals surface area (Å²) in [5, 5.41) is 0.564. The number of cyclic esters (lactones) is 1. The number of nitrogen functional groups attached to an aromatic ring is 1. The van der Waals surface area contributed by atoms with E-state index in [1.54, 1.807) is 12.4 Å². The van der Waals surface area contributed by atoms with Crippen LogP contribution in [0.1, 0.15) is 56.3 Å². The number of esters is 1. The Morgan fingerprint density at radius 1 is 1.21 bits per heavy atom. The van der Waals surface area contributed by atoms with E-state index in [0.717, 1.165) is 55.6 Å². The molecule has 2 aromatic rings. The van der Waals surface area contributed by atoms with Gasteiger partial charge in [-0.15, -0.1) is 11.3 Å². The van der Waals surface area contributed by atoms with E-state index in [1.165, 1.54) is 11.3 Å². The van der Waals surface area contributed by atoms with Crippen molar-refractivity contribution >= 4 is 28.2 Å². The molecule has 3 aliphatic rings. The molecule has 1 amide bonds. The number of carbonyl (C=O) groups excluding carboxylic acids is 2. The van der Waals surface area contributed by atoms with Gasteiger partial charge in [0, 0.05) is 49.4 Å². The summed E-state index contributed by atoms with van der Waals surface area (Å²) < 4.78 is 5.69. The van der Waals surface area contributed by atoms with Gasteiger partial charge in [0.1, 0.15) is 5.60 Å². The maximum Gasteiger partial charge on any atom is 0.314 e. The second-order valence-corrected chi connectivity index (χ2v) is 11.4. The molecule has 0 aromatic carbocycles. The molecule has 1 unspecified atom stereocenters. The number of rotatable bonds is 3. The molecule has 0 radical (unpaired) electrons. The van der Waals surface area contributed by atoms with E-state index in [4.69, 9.17) is 10.5 Å². The summed E-state index contributed by atoms with van der Waals surface area (Å²) in [6.07, 6.45) is 8.06. The maximum absolute atomic E-state index is 13.2. The van der Waals surface area contributed by atoms with Crippen LogP contribution in [0.2, 0.25) is 0 Å². The standard InChI is InChI=1S/C25H32N4O3S/c1-24(2)15-25(23(31)32-24)8-3-11-29(16-25)18-6-12-28(13-7-18)22(30)19-14-20(33-21(19)26)17-4-9-27-10-5-17/h4-5,9-10,14,18H,3,6-8,11-13,15-16,26H2,1-2H3. The first kappa shape index (κ1) is 22.3. The van der Waals surface area contributed by atoms with E-state index in [0.29, 0.717) is 29.7 Å². The van der Waals surface area contributed by atoms with Crippen molar-refractivity contribution in [2.45, 2.75) is 57.6 Å². The van der Waals surface area contributed by atoms with Crippen molar-refractivity contribution in [2.75, 3.05) is 31.9 Å². The van der Waals surface area contributed by atoms with Gasteiger partial charge in [0.2, 0.25) is 0 Å².